The molecule has 2 heterocycles. The predicted octanol–water partition coefficient (Wildman–Crippen LogP) is 3.27. The number of ether oxygens (including phenoxy) is 1. The van der Waals surface area contributed by atoms with Crippen molar-refractivity contribution in [3.8, 4) is 0 Å². The molecule has 28 heavy (non-hydrogen) atoms. The summed E-state index contributed by atoms with van der Waals surface area (Å²) in [5.74, 6) is -2.37. The monoisotopic (exact) mass is 404 g/mol. The molecule has 0 aliphatic carbocycles. The fourth-order valence-corrected chi connectivity index (χ4v) is 4.16. The van der Waals surface area contributed by atoms with Crippen LogP contribution in [0.15, 0.2) is 48.7 Å². The van der Waals surface area contributed by atoms with E-state index in [9.17, 15) is 9.90 Å². The van der Waals surface area contributed by atoms with Crippen molar-refractivity contribution < 1.29 is 19.7 Å². The van der Waals surface area contributed by atoms with Crippen molar-refractivity contribution in [3.63, 3.8) is 0 Å². The molecule has 7 heteroatoms. The first-order chi connectivity index (χ1) is 13.4. The average molecular weight is 405 g/mol. The highest BCUT2D eigenvalue weighted by Crippen LogP contribution is 2.46. The number of carbonyl (C=O) groups is 1. The first-order valence-electron chi connectivity index (χ1n) is 9.31. The number of likely N-dealkylation sites (tertiary alicyclic amines) is 1. The SMILES string of the molecule is CO[C@@]1(O)CC(c2ccc(Cl)cc2)(c2ccccn2)CCN1CCCC(=O)O. The van der Waals surface area contributed by atoms with E-state index in [1.165, 1.54) is 7.11 Å². The Kier molecular flexibility index (Phi) is 6.35. The third-order valence-corrected chi connectivity index (χ3v) is 5.78. The van der Waals surface area contributed by atoms with Gasteiger partial charge in [-0.15, -0.1) is 0 Å². The van der Waals surface area contributed by atoms with Crippen molar-refractivity contribution in [2.24, 2.45) is 0 Å². The zero-order valence-corrected chi connectivity index (χ0v) is 16.6. The highest BCUT2D eigenvalue weighted by molar-refractivity contribution is 6.30. The summed E-state index contributed by atoms with van der Waals surface area (Å²) < 4.78 is 5.55. The summed E-state index contributed by atoms with van der Waals surface area (Å²) in [7, 11) is 1.47. The molecular formula is C21H25ClN2O4. The normalized spacial score (nSPS) is 25.5. The van der Waals surface area contributed by atoms with Crippen LogP contribution in [0.1, 0.15) is 36.9 Å². The van der Waals surface area contributed by atoms with Crippen molar-refractivity contribution in [2.75, 3.05) is 20.2 Å². The number of hydrogen-bond donors (Lipinski definition) is 2. The second-order valence-corrected chi connectivity index (χ2v) is 7.60. The largest absolute Gasteiger partial charge is 0.481 e. The maximum absolute atomic E-state index is 11.3. The van der Waals surface area contributed by atoms with Crippen molar-refractivity contribution in [1.29, 1.82) is 0 Å². The third kappa shape index (κ3) is 4.20. The van der Waals surface area contributed by atoms with Crippen LogP contribution in [0, 0.1) is 0 Å². The number of hydrogen-bond acceptors (Lipinski definition) is 5. The summed E-state index contributed by atoms with van der Waals surface area (Å²) in [4.78, 5) is 17.2. The van der Waals surface area contributed by atoms with Crippen LogP contribution >= 0.6 is 11.6 Å². The maximum atomic E-state index is 11.3. The van der Waals surface area contributed by atoms with Gasteiger partial charge in [-0.1, -0.05) is 29.8 Å². The molecule has 0 radical (unpaired) electrons. The van der Waals surface area contributed by atoms with Gasteiger partial charge in [0, 0.05) is 49.7 Å². The van der Waals surface area contributed by atoms with Gasteiger partial charge in [-0.25, -0.2) is 0 Å². The molecule has 3 rings (SSSR count). The maximum Gasteiger partial charge on any atom is 0.303 e. The van der Waals surface area contributed by atoms with Gasteiger partial charge in [0.05, 0.1) is 5.69 Å². The number of carboxylic acids is 1. The Morgan fingerprint density at radius 3 is 2.64 bits per heavy atom. The van der Waals surface area contributed by atoms with Gasteiger partial charge in [0.25, 0.3) is 0 Å². The van der Waals surface area contributed by atoms with Crippen molar-refractivity contribution in [2.45, 2.75) is 37.0 Å². The van der Waals surface area contributed by atoms with Crippen LogP contribution in [-0.4, -0.2) is 52.2 Å². The molecule has 0 bridgehead atoms. The summed E-state index contributed by atoms with van der Waals surface area (Å²) in [5, 5.41) is 20.9. The van der Waals surface area contributed by atoms with E-state index in [1.807, 2.05) is 47.4 Å². The number of benzene rings is 1. The van der Waals surface area contributed by atoms with Gasteiger partial charge >= 0.3 is 5.97 Å². The lowest BCUT2D eigenvalue weighted by atomic mass is 9.68. The lowest BCUT2D eigenvalue weighted by Gasteiger charge is -2.50. The minimum atomic E-state index is -1.52. The molecule has 1 aromatic heterocycles. The van der Waals surface area contributed by atoms with E-state index in [0.717, 1.165) is 11.3 Å². The summed E-state index contributed by atoms with van der Waals surface area (Å²) in [6.07, 6.45) is 3.24. The van der Waals surface area contributed by atoms with Gasteiger partial charge in [0.1, 0.15) is 0 Å². The fourth-order valence-electron chi connectivity index (χ4n) is 4.03. The number of pyridine rings is 1. The first kappa shape index (κ1) is 20.7. The molecule has 1 aliphatic rings. The quantitative estimate of drug-likeness (QED) is 0.689. The summed E-state index contributed by atoms with van der Waals surface area (Å²) >= 11 is 6.09. The Morgan fingerprint density at radius 1 is 1.29 bits per heavy atom. The Bertz CT molecular complexity index is 802. The number of methoxy groups -OCH3 is 1. The van der Waals surface area contributed by atoms with Crippen molar-refractivity contribution >= 4 is 17.6 Å². The molecule has 1 unspecified atom stereocenters. The number of piperidine rings is 1. The number of nitrogens with zero attached hydrogens (tertiary/aromatic N) is 2. The molecule has 2 atom stereocenters. The van der Waals surface area contributed by atoms with Gasteiger partial charge in [-0.3, -0.25) is 14.7 Å². The number of aromatic nitrogens is 1. The molecule has 1 fully saturated rings. The van der Waals surface area contributed by atoms with Crippen LogP contribution in [0.5, 0.6) is 0 Å². The minimum Gasteiger partial charge on any atom is -0.481 e. The van der Waals surface area contributed by atoms with E-state index < -0.39 is 17.3 Å². The smallest absolute Gasteiger partial charge is 0.303 e. The molecule has 2 aromatic rings. The molecule has 1 aromatic carbocycles. The van der Waals surface area contributed by atoms with Gasteiger partial charge < -0.3 is 14.9 Å². The van der Waals surface area contributed by atoms with Gasteiger partial charge in [-0.2, -0.15) is 0 Å². The van der Waals surface area contributed by atoms with E-state index in [0.29, 0.717) is 31.0 Å². The van der Waals surface area contributed by atoms with Crippen molar-refractivity contribution in [3.05, 3.63) is 64.9 Å². The second-order valence-electron chi connectivity index (χ2n) is 7.16. The van der Waals surface area contributed by atoms with Crippen LogP contribution < -0.4 is 0 Å². The average Bonchev–Trinajstić information content (AvgIpc) is 2.70. The zero-order valence-electron chi connectivity index (χ0n) is 15.8. The van der Waals surface area contributed by atoms with Crippen LogP contribution in [-0.2, 0) is 14.9 Å². The van der Waals surface area contributed by atoms with Crippen molar-refractivity contribution in [1.82, 2.24) is 9.88 Å². The van der Waals surface area contributed by atoms with Crippen LogP contribution in [0.2, 0.25) is 5.02 Å². The highest BCUT2D eigenvalue weighted by atomic mass is 35.5. The fraction of sp³-hybridized carbons (Fsp3) is 0.429. The van der Waals surface area contributed by atoms with E-state index in [4.69, 9.17) is 21.4 Å². The molecule has 0 amide bonds. The third-order valence-electron chi connectivity index (χ3n) is 5.53. The van der Waals surface area contributed by atoms with Gasteiger partial charge in [0.2, 0.25) is 5.91 Å². The Balaban J connectivity index is 1.96. The molecule has 1 saturated heterocycles. The topological polar surface area (TPSA) is 82.9 Å². The second kappa shape index (κ2) is 8.57. The zero-order chi connectivity index (χ0) is 20.2. The lowest BCUT2D eigenvalue weighted by Crippen LogP contribution is -2.60. The number of aliphatic hydroxyl groups is 1. The molecule has 150 valence electrons. The molecule has 0 spiro atoms. The molecule has 0 saturated carbocycles. The van der Waals surface area contributed by atoms with E-state index in [2.05, 4.69) is 4.98 Å². The van der Waals surface area contributed by atoms with E-state index >= 15 is 0 Å². The first-order valence-corrected chi connectivity index (χ1v) is 9.69. The number of rotatable bonds is 7. The molecule has 2 N–H and O–H groups in total. The highest BCUT2D eigenvalue weighted by Gasteiger charge is 2.51. The number of aliphatic carboxylic acids is 1. The van der Waals surface area contributed by atoms with Crippen LogP contribution in [0.3, 0.4) is 0 Å². The van der Waals surface area contributed by atoms with E-state index in [1.54, 1.807) is 6.20 Å². The van der Waals surface area contributed by atoms with Crippen LogP contribution in [0.4, 0.5) is 0 Å². The Morgan fingerprint density at radius 2 is 2.04 bits per heavy atom. The number of carboxylic acid groups (broad SMARTS) is 1. The summed E-state index contributed by atoms with van der Waals surface area (Å²) in [5.41, 5.74) is 1.33. The predicted molar refractivity (Wildman–Crippen MR) is 106 cm³/mol. The molecular weight excluding hydrogens is 380 g/mol. The van der Waals surface area contributed by atoms with Gasteiger partial charge in [0.15, 0.2) is 0 Å². The number of halogens is 1. The van der Waals surface area contributed by atoms with Gasteiger partial charge in [-0.05, 0) is 42.7 Å². The lowest BCUT2D eigenvalue weighted by molar-refractivity contribution is -0.303. The Labute approximate surface area is 169 Å². The summed E-state index contributed by atoms with van der Waals surface area (Å²) in [6, 6.07) is 13.4. The van der Waals surface area contributed by atoms with E-state index in [-0.39, 0.29) is 12.8 Å². The standard InChI is InChI=1S/C21H25ClN2O4/c1-28-21(27)15-20(18-5-2-3-12-23-18,16-7-9-17(22)10-8-16)11-14-24(21)13-4-6-19(25)26/h2-3,5,7-10,12,27H,4,6,11,13-15H2,1H3,(H,25,26)/t20?,21-/m0/s1. The molecule has 1 aliphatic heterocycles. The van der Waals surface area contributed by atoms with Crippen LogP contribution in [0.25, 0.3) is 0 Å². The summed E-state index contributed by atoms with van der Waals surface area (Å²) in [6.45, 7) is 0.985. The minimum absolute atomic E-state index is 0.0544. The Hall–Kier alpha value is -1.99. The molecule has 6 nitrogen and oxygen atoms in total.